The zero-order chi connectivity index (χ0) is 22.6. The van der Waals surface area contributed by atoms with Crippen LogP contribution in [0.5, 0.6) is 0 Å². The van der Waals surface area contributed by atoms with Gasteiger partial charge in [0.15, 0.2) is 5.17 Å². The molecular formula is C16H23N5O7S2. The minimum Gasteiger partial charge on any atom is -0.481 e. The largest absolute Gasteiger partial charge is 0.481 e. The third-order valence-electron chi connectivity index (χ3n) is 4.66. The Morgan fingerprint density at radius 2 is 2.13 bits per heavy atom. The van der Waals surface area contributed by atoms with Gasteiger partial charge >= 0.3 is 11.9 Å². The highest BCUT2D eigenvalue weighted by Crippen LogP contribution is 2.47. The van der Waals surface area contributed by atoms with Crippen molar-refractivity contribution >= 4 is 52.4 Å². The van der Waals surface area contributed by atoms with Crippen molar-refractivity contribution in [1.29, 1.82) is 5.41 Å². The summed E-state index contributed by atoms with van der Waals surface area (Å²) < 4.78 is 5.29. The van der Waals surface area contributed by atoms with E-state index in [1.165, 1.54) is 7.11 Å². The smallest absolute Gasteiger partial charge is 0.352 e. The van der Waals surface area contributed by atoms with Gasteiger partial charge in [-0.25, -0.2) is 4.79 Å². The van der Waals surface area contributed by atoms with Gasteiger partial charge in [0.05, 0.1) is 0 Å². The molecule has 30 heavy (non-hydrogen) atoms. The molecular weight excluding hydrogens is 438 g/mol. The van der Waals surface area contributed by atoms with E-state index in [2.05, 4.69) is 5.32 Å². The topological polar surface area (TPSA) is 209 Å². The number of rotatable bonds is 10. The van der Waals surface area contributed by atoms with Crippen LogP contribution in [0.2, 0.25) is 0 Å². The lowest BCUT2D eigenvalue weighted by molar-refractivity contribution is -0.193. The van der Waals surface area contributed by atoms with Crippen LogP contribution < -0.4 is 16.8 Å². The molecule has 1 saturated heterocycles. The Morgan fingerprint density at radius 1 is 1.47 bits per heavy atom. The summed E-state index contributed by atoms with van der Waals surface area (Å²) in [5.41, 5.74) is 8.96. The van der Waals surface area contributed by atoms with Crippen LogP contribution >= 0.6 is 23.5 Å². The lowest BCUT2D eigenvalue weighted by Gasteiger charge is -2.56. The van der Waals surface area contributed by atoms with Gasteiger partial charge in [-0.1, -0.05) is 11.8 Å². The second-order valence-electron chi connectivity index (χ2n) is 6.50. The number of carbonyl (C=O) groups excluding carboxylic acids is 2. The molecule has 0 bridgehead atoms. The van der Waals surface area contributed by atoms with Crippen molar-refractivity contribution < 1.29 is 34.1 Å². The number of nitrogens with two attached hydrogens (primary N) is 2. The molecule has 12 nitrogen and oxygen atoms in total. The quantitative estimate of drug-likeness (QED) is 0.0745. The standard InChI is InChI=1S/C16H23N5O7S2/c1-28-16(20-10(22)8(11(23)24)3-2-4-17)13(27)21-9(12(25)26)7(5-29-14(16)21)6-30-15(18)19/h8,14H,2-6,17H2,1H3,(H3,18,19)(H,20,22)(H,23,24)(H,25,26)/t8?,14-,16-/m0/s1. The van der Waals surface area contributed by atoms with E-state index in [0.717, 1.165) is 28.4 Å². The van der Waals surface area contributed by atoms with Crippen molar-refractivity contribution in [3.8, 4) is 0 Å². The molecule has 1 fully saturated rings. The van der Waals surface area contributed by atoms with E-state index in [0.29, 0.717) is 12.0 Å². The van der Waals surface area contributed by atoms with Crippen LogP contribution in [0.1, 0.15) is 12.8 Å². The van der Waals surface area contributed by atoms with E-state index < -0.39 is 40.8 Å². The maximum absolute atomic E-state index is 12.9. The summed E-state index contributed by atoms with van der Waals surface area (Å²) in [6.45, 7) is 0.200. The third kappa shape index (κ3) is 4.40. The van der Waals surface area contributed by atoms with E-state index in [4.69, 9.17) is 21.6 Å². The molecule has 0 aliphatic carbocycles. The number of methoxy groups -OCH3 is 1. The van der Waals surface area contributed by atoms with Crippen LogP contribution in [0, 0.1) is 11.3 Å². The first-order valence-electron chi connectivity index (χ1n) is 8.78. The molecule has 0 saturated carbocycles. The number of carboxylic acid groups (broad SMARTS) is 2. The van der Waals surface area contributed by atoms with Crippen molar-refractivity contribution in [2.24, 2.45) is 17.4 Å². The highest BCUT2D eigenvalue weighted by molar-refractivity contribution is 8.13. The van der Waals surface area contributed by atoms with E-state index in [9.17, 15) is 29.4 Å². The van der Waals surface area contributed by atoms with Crippen molar-refractivity contribution in [2.45, 2.75) is 23.9 Å². The number of carbonyl (C=O) groups is 4. The SMILES string of the molecule is CO[C@@]1(NC(=O)C(CCCN)C(=O)O)C(=O)N2C(C(=O)O)=C(CSC(=N)N)CS[C@H]21. The zero-order valence-electron chi connectivity index (χ0n) is 16.0. The predicted octanol–water partition coefficient (Wildman–Crippen LogP) is -1.23. The van der Waals surface area contributed by atoms with Gasteiger partial charge in [-0.3, -0.25) is 24.7 Å². The molecule has 0 aromatic heterocycles. The molecule has 14 heteroatoms. The van der Waals surface area contributed by atoms with Gasteiger partial charge in [-0.15, -0.1) is 11.8 Å². The monoisotopic (exact) mass is 461 g/mol. The average molecular weight is 462 g/mol. The molecule has 2 aliphatic heterocycles. The van der Waals surface area contributed by atoms with Crippen LogP contribution in [-0.2, 0) is 23.9 Å². The van der Waals surface area contributed by atoms with Gasteiger partial charge in [0.2, 0.25) is 5.91 Å². The number of aliphatic carboxylic acids is 2. The van der Waals surface area contributed by atoms with Gasteiger partial charge in [-0.2, -0.15) is 0 Å². The second kappa shape index (κ2) is 9.68. The number of carboxylic acids is 2. The maximum atomic E-state index is 12.9. The number of nitrogens with one attached hydrogen (secondary N) is 2. The number of hydrogen-bond acceptors (Lipinski definition) is 9. The molecule has 2 aliphatic rings. The minimum absolute atomic E-state index is 0.0140. The van der Waals surface area contributed by atoms with Gasteiger partial charge in [0.25, 0.3) is 11.6 Å². The van der Waals surface area contributed by atoms with Crippen LogP contribution in [0.25, 0.3) is 0 Å². The summed E-state index contributed by atoms with van der Waals surface area (Å²) in [4.78, 5) is 49.8. The third-order valence-corrected chi connectivity index (χ3v) is 6.83. The van der Waals surface area contributed by atoms with Gasteiger partial charge < -0.3 is 31.7 Å². The summed E-state index contributed by atoms with van der Waals surface area (Å²) in [7, 11) is 1.18. The molecule has 1 unspecified atom stereocenters. The van der Waals surface area contributed by atoms with E-state index in [1.54, 1.807) is 0 Å². The average Bonchev–Trinajstić information content (AvgIpc) is 2.69. The number of β-lactam (4-membered cyclic amide) rings is 1. The molecule has 0 aromatic rings. The molecule has 8 N–H and O–H groups in total. The molecule has 166 valence electrons. The Kier molecular flexibility index (Phi) is 7.74. The first-order valence-corrected chi connectivity index (χ1v) is 10.8. The molecule has 2 amide bonds. The number of thioether (sulfide) groups is 2. The minimum atomic E-state index is -1.88. The highest BCUT2D eigenvalue weighted by Gasteiger charge is 2.67. The Bertz CT molecular complexity index is 805. The molecule has 2 heterocycles. The number of ether oxygens (including phenoxy) is 1. The summed E-state index contributed by atoms with van der Waals surface area (Å²) in [6, 6.07) is 0. The van der Waals surface area contributed by atoms with Crippen LogP contribution in [0.3, 0.4) is 0 Å². The van der Waals surface area contributed by atoms with Crippen molar-refractivity contribution in [3.05, 3.63) is 11.3 Å². The fourth-order valence-corrected chi connectivity index (χ4v) is 5.31. The van der Waals surface area contributed by atoms with Crippen molar-refractivity contribution in [1.82, 2.24) is 10.2 Å². The van der Waals surface area contributed by atoms with E-state index in [1.807, 2.05) is 0 Å². The molecule has 0 aromatic carbocycles. The van der Waals surface area contributed by atoms with E-state index in [-0.39, 0.29) is 35.3 Å². The number of amidine groups is 1. The van der Waals surface area contributed by atoms with Gasteiger partial charge in [0.1, 0.15) is 17.0 Å². The highest BCUT2D eigenvalue weighted by atomic mass is 32.2. The van der Waals surface area contributed by atoms with Crippen LogP contribution in [0.15, 0.2) is 11.3 Å². The fourth-order valence-electron chi connectivity index (χ4n) is 3.18. The van der Waals surface area contributed by atoms with Crippen LogP contribution in [0.4, 0.5) is 0 Å². The fraction of sp³-hybridized carbons (Fsp3) is 0.562. The molecule has 3 atom stereocenters. The Hall–Kier alpha value is -2.29. The molecule has 0 spiro atoms. The molecule has 0 radical (unpaired) electrons. The Labute approximate surface area is 180 Å². The van der Waals surface area contributed by atoms with Crippen molar-refractivity contribution in [3.63, 3.8) is 0 Å². The lowest BCUT2D eigenvalue weighted by atomic mass is 9.95. The van der Waals surface area contributed by atoms with Gasteiger partial charge in [0, 0.05) is 18.6 Å². The summed E-state index contributed by atoms with van der Waals surface area (Å²) in [6.07, 6.45) is 0.283. The lowest BCUT2D eigenvalue weighted by Crippen LogP contribution is -2.81. The normalized spacial score (nSPS) is 24.0. The van der Waals surface area contributed by atoms with Crippen molar-refractivity contribution in [2.75, 3.05) is 25.2 Å². The molecule has 2 rings (SSSR count). The summed E-state index contributed by atoms with van der Waals surface area (Å²) in [5, 5.41) is 27.5. The summed E-state index contributed by atoms with van der Waals surface area (Å²) >= 11 is 2.09. The Morgan fingerprint density at radius 3 is 2.63 bits per heavy atom. The van der Waals surface area contributed by atoms with E-state index >= 15 is 0 Å². The Balaban J connectivity index is 2.28. The number of hydrogen-bond donors (Lipinski definition) is 6. The second-order valence-corrected chi connectivity index (χ2v) is 8.59. The zero-order valence-corrected chi connectivity index (χ0v) is 17.7. The first kappa shape index (κ1) is 24.0. The number of amides is 2. The van der Waals surface area contributed by atoms with Crippen LogP contribution in [-0.4, -0.2) is 80.3 Å². The first-order chi connectivity index (χ1) is 14.1. The number of fused-ring (bicyclic) bond motifs is 1. The number of nitrogens with zero attached hydrogens (tertiary/aromatic N) is 1. The predicted molar refractivity (Wildman–Crippen MR) is 109 cm³/mol. The summed E-state index contributed by atoms with van der Waals surface area (Å²) in [5.74, 6) is -5.53. The maximum Gasteiger partial charge on any atom is 0.352 e. The van der Waals surface area contributed by atoms with Gasteiger partial charge in [-0.05, 0) is 25.0 Å².